The monoisotopic (exact) mass is 426 g/mol. The number of aromatic nitrogens is 2. The number of ether oxygens (including phenoxy) is 1. The van der Waals surface area contributed by atoms with Gasteiger partial charge in [-0.3, -0.25) is 14.5 Å². The summed E-state index contributed by atoms with van der Waals surface area (Å²) in [5.74, 6) is -0.0284. The number of amides is 1. The standard InChI is InChI=1S/C22H26N4O3S/c1-29-21(28)7-6-20(27)25-22-24-16(14-30-22)13-26-10-8-15(9-11-26)18-12-23-19-5-3-2-4-17(18)19/h2-5,12,14-15,23H,6-11,13H2,1H3,(H,24,25,27). The number of anilines is 1. The summed E-state index contributed by atoms with van der Waals surface area (Å²) in [5, 5.41) is 6.66. The number of hydrogen-bond donors (Lipinski definition) is 2. The molecule has 0 unspecified atom stereocenters. The Kier molecular flexibility index (Phi) is 6.44. The van der Waals surface area contributed by atoms with E-state index in [1.807, 2.05) is 5.38 Å². The molecule has 0 spiro atoms. The van der Waals surface area contributed by atoms with Crippen LogP contribution in [0, 0.1) is 0 Å². The number of benzene rings is 1. The van der Waals surface area contributed by atoms with E-state index in [1.54, 1.807) is 0 Å². The summed E-state index contributed by atoms with van der Waals surface area (Å²) in [5.41, 5.74) is 3.60. The molecule has 1 amide bonds. The average Bonchev–Trinajstić information content (AvgIpc) is 3.39. The Bertz CT molecular complexity index is 1020. The first-order valence-electron chi connectivity index (χ1n) is 10.2. The topological polar surface area (TPSA) is 87.3 Å². The second-order valence-electron chi connectivity index (χ2n) is 7.61. The van der Waals surface area contributed by atoms with E-state index in [1.165, 1.54) is 34.9 Å². The highest BCUT2D eigenvalue weighted by Crippen LogP contribution is 2.33. The van der Waals surface area contributed by atoms with Gasteiger partial charge in [0, 0.05) is 35.4 Å². The minimum absolute atomic E-state index is 0.0753. The van der Waals surface area contributed by atoms with Gasteiger partial charge in [-0.2, -0.15) is 0 Å². The molecule has 1 aliphatic heterocycles. The normalized spacial score (nSPS) is 15.4. The second-order valence-corrected chi connectivity index (χ2v) is 8.47. The van der Waals surface area contributed by atoms with E-state index in [0.29, 0.717) is 11.0 Å². The number of carbonyl (C=O) groups excluding carboxylic acids is 2. The van der Waals surface area contributed by atoms with Crippen molar-refractivity contribution >= 4 is 39.2 Å². The van der Waals surface area contributed by atoms with Crippen LogP contribution in [0.25, 0.3) is 10.9 Å². The molecule has 0 saturated carbocycles. The van der Waals surface area contributed by atoms with Gasteiger partial charge < -0.3 is 15.0 Å². The van der Waals surface area contributed by atoms with Gasteiger partial charge in [0.05, 0.1) is 19.2 Å². The van der Waals surface area contributed by atoms with E-state index in [4.69, 9.17) is 0 Å². The summed E-state index contributed by atoms with van der Waals surface area (Å²) >= 11 is 1.42. The smallest absolute Gasteiger partial charge is 0.306 e. The molecule has 1 aromatic carbocycles. The van der Waals surface area contributed by atoms with Crippen molar-refractivity contribution in [2.75, 3.05) is 25.5 Å². The summed E-state index contributed by atoms with van der Waals surface area (Å²) in [6.07, 6.45) is 4.60. The lowest BCUT2D eigenvalue weighted by Crippen LogP contribution is -2.32. The third-order valence-electron chi connectivity index (χ3n) is 5.62. The summed E-state index contributed by atoms with van der Waals surface area (Å²) < 4.78 is 4.55. The fraction of sp³-hybridized carbons (Fsp3) is 0.409. The molecule has 3 aromatic rings. The molecule has 2 aromatic heterocycles. The van der Waals surface area contributed by atoms with Crippen molar-refractivity contribution in [3.8, 4) is 0 Å². The van der Waals surface area contributed by atoms with Gasteiger partial charge in [-0.25, -0.2) is 4.98 Å². The van der Waals surface area contributed by atoms with Crippen molar-refractivity contribution < 1.29 is 14.3 Å². The van der Waals surface area contributed by atoms with Crippen molar-refractivity contribution in [1.82, 2.24) is 14.9 Å². The fourth-order valence-corrected chi connectivity index (χ4v) is 4.72. The van der Waals surface area contributed by atoms with Gasteiger partial charge in [0.25, 0.3) is 0 Å². The van der Waals surface area contributed by atoms with Gasteiger partial charge in [0.1, 0.15) is 0 Å². The Labute approximate surface area is 179 Å². The first-order valence-corrected chi connectivity index (χ1v) is 11.1. The zero-order valence-electron chi connectivity index (χ0n) is 17.0. The molecule has 0 bridgehead atoms. The number of H-pyrrole nitrogens is 1. The van der Waals surface area contributed by atoms with Gasteiger partial charge in [-0.05, 0) is 43.5 Å². The molecule has 3 heterocycles. The highest BCUT2D eigenvalue weighted by atomic mass is 32.1. The van der Waals surface area contributed by atoms with Crippen LogP contribution in [0.15, 0.2) is 35.8 Å². The van der Waals surface area contributed by atoms with E-state index in [2.05, 4.69) is 55.4 Å². The molecule has 0 aliphatic carbocycles. The predicted molar refractivity (Wildman–Crippen MR) is 118 cm³/mol. The maximum atomic E-state index is 11.9. The van der Waals surface area contributed by atoms with Crippen LogP contribution in [0.4, 0.5) is 5.13 Å². The van der Waals surface area contributed by atoms with Gasteiger partial charge in [-0.15, -0.1) is 11.3 Å². The van der Waals surface area contributed by atoms with Crippen LogP contribution >= 0.6 is 11.3 Å². The first kappa shape index (κ1) is 20.6. The van der Waals surface area contributed by atoms with E-state index >= 15 is 0 Å². The SMILES string of the molecule is COC(=O)CCC(=O)Nc1nc(CN2CCC(c3c[nH]c4ccccc34)CC2)cs1. The molecular formula is C22H26N4O3S. The number of thiazole rings is 1. The van der Waals surface area contributed by atoms with Crippen LogP contribution in [0.5, 0.6) is 0 Å². The van der Waals surface area contributed by atoms with Crippen LogP contribution in [0.2, 0.25) is 0 Å². The number of methoxy groups -OCH3 is 1. The number of fused-ring (bicyclic) bond motifs is 1. The van der Waals surface area contributed by atoms with Crippen molar-refractivity contribution in [3.63, 3.8) is 0 Å². The van der Waals surface area contributed by atoms with Crippen LogP contribution in [0.3, 0.4) is 0 Å². The Balaban J connectivity index is 1.26. The summed E-state index contributed by atoms with van der Waals surface area (Å²) in [4.78, 5) is 33.4. The highest BCUT2D eigenvalue weighted by Gasteiger charge is 2.23. The summed E-state index contributed by atoms with van der Waals surface area (Å²) in [7, 11) is 1.32. The lowest BCUT2D eigenvalue weighted by Gasteiger charge is -2.31. The third kappa shape index (κ3) is 4.88. The van der Waals surface area contributed by atoms with E-state index < -0.39 is 0 Å². The molecule has 1 saturated heterocycles. The van der Waals surface area contributed by atoms with Crippen molar-refractivity contribution in [1.29, 1.82) is 0 Å². The number of nitrogens with one attached hydrogen (secondary N) is 2. The first-order chi connectivity index (χ1) is 14.6. The van der Waals surface area contributed by atoms with E-state index in [-0.39, 0.29) is 24.7 Å². The minimum atomic E-state index is -0.388. The van der Waals surface area contributed by atoms with Crippen LogP contribution < -0.4 is 5.32 Å². The maximum Gasteiger partial charge on any atom is 0.306 e. The Morgan fingerprint density at radius 2 is 2.07 bits per heavy atom. The van der Waals surface area contributed by atoms with Crippen molar-refractivity contribution in [2.24, 2.45) is 0 Å². The quantitative estimate of drug-likeness (QED) is 0.560. The molecule has 158 valence electrons. The molecule has 30 heavy (non-hydrogen) atoms. The molecule has 1 fully saturated rings. The van der Waals surface area contributed by atoms with E-state index in [0.717, 1.165) is 38.2 Å². The predicted octanol–water partition coefficient (Wildman–Crippen LogP) is 3.90. The highest BCUT2D eigenvalue weighted by molar-refractivity contribution is 7.13. The number of carbonyl (C=O) groups is 2. The molecule has 8 heteroatoms. The van der Waals surface area contributed by atoms with Crippen LogP contribution in [0.1, 0.15) is 42.9 Å². The largest absolute Gasteiger partial charge is 0.469 e. The molecular weight excluding hydrogens is 400 g/mol. The minimum Gasteiger partial charge on any atom is -0.469 e. The van der Waals surface area contributed by atoms with Gasteiger partial charge in [0.15, 0.2) is 5.13 Å². The number of aromatic amines is 1. The third-order valence-corrected chi connectivity index (χ3v) is 6.42. The van der Waals surface area contributed by atoms with Crippen LogP contribution in [-0.4, -0.2) is 46.9 Å². The van der Waals surface area contributed by atoms with Gasteiger partial charge in [-0.1, -0.05) is 18.2 Å². The Hall–Kier alpha value is -2.71. The molecule has 7 nitrogen and oxygen atoms in total. The zero-order valence-corrected chi connectivity index (χ0v) is 17.8. The number of esters is 1. The molecule has 4 rings (SSSR count). The van der Waals surface area contributed by atoms with Gasteiger partial charge >= 0.3 is 5.97 Å². The van der Waals surface area contributed by atoms with Gasteiger partial charge in [0.2, 0.25) is 5.91 Å². The average molecular weight is 427 g/mol. The number of piperidine rings is 1. The number of nitrogens with zero attached hydrogens (tertiary/aromatic N) is 2. The van der Waals surface area contributed by atoms with E-state index in [9.17, 15) is 9.59 Å². The molecule has 0 radical (unpaired) electrons. The Morgan fingerprint density at radius 1 is 1.27 bits per heavy atom. The van der Waals surface area contributed by atoms with Crippen molar-refractivity contribution in [3.05, 3.63) is 47.1 Å². The lowest BCUT2D eigenvalue weighted by molar-refractivity contribution is -0.141. The number of hydrogen-bond acceptors (Lipinski definition) is 6. The zero-order chi connectivity index (χ0) is 20.9. The second kappa shape index (κ2) is 9.40. The number of rotatable bonds is 7. The summed E-state index contributed by atoms with van der Waals surface area (Å²) in [6.45, 7) is 2.85. The molecule has 0 atom stereocenters. The van der Waals surface area contributed by atoms with Crippen molar-refractivity contribution in [2.45, 2.75) is 38.1 Å². The number of likely N-dealkylation sites (tertiary alicyclic amines) is 1. The van der Waals surface area contributed by atoms with Crippen LogP contribution in [-0.2, 0) is 20.9 Å². The lowest BCUT2D eigenvalue weighted by atomic mass is 9.89. The maximum absolute atomic E-state index is 11.9. The molecule has 1 aliphatic rings. The fourth-order valence-electron chi connectivity index (χ4n) is 4.00. The summed E-state index contributed by atoms with van der Waals surface area (Å²) in [6, 6.07) is 8.49. The molecule has 2 N–H and O–H groups in total. The Morgan fingerprint density at radius 3 is 2.87 bits per heavy atom. The number of para-hydroxylation sites is 1.